The molecule has 4 nitrogen and oxygen atoms in total. The zero-order valence-corrected chi connectivity index (χ0v) is 11.4. The normalized spacial score (nSPS) is 12.5. The molecular formula is C16H16N2O2. The number of hydrogen-bond donors (Lipinski definition) is 2. The molecule has 0 bridgehead atoms. The quantitative estimate of drug-likeness (QED) is 0.827. The van der Waals surface area contributed by atoms with Crippen molar-refractivity contribution in [2.24, 2.45) is 9.98 Å². The summed E-state index contributed by atoms with van der Waals surface area (Å²) in [5.41, 5.74) is 2.35. The van der Waals surface area contributed by atoms with E-state index in [2.05, 4.69) is 9.98 Å². The Hall–Kier alpha value is -2.62. The van der Waals surface area contributed by atoms with Crippen molar-refractivity contribution in [3.63, 3.8) is 0 Å². The van der Waals surface area contributed by atoms with Gasteiger partial charge in [-0.25, -0.2) is 9.98 Å². The van der Waals surface area contributed by atoms with E-state index in [-0.39, 0.29) is 11.5 Å². The summed E-state index contributed by atoms with van der Waals surface area (Å²) in [5, 5.41) is 19.4. The molecule has 0 aliphatic rings. The number of para-hydroxylation sites is 4. The van der Waals surface area contributed by atoms with Crippen molar-refractivity contribution in [1.82, 2.24) is 0 Å². The van der Waals surface area contributed by atoms with E-state index in [1.807, 2.05) is 13.8 Å². The molecule has 0 fully saturated rings. The van der Waals surface area contributed by atoms with E-state index in [1.54, 1.807) is 48.5 Å². The summed E-state index contributed by atoms with van der Waals surface area (Å²) in [6.45, 7) is 3.62. The molecule has 20 heavy (non-hydrogen) atoms. The molecule has 102 valence electrons. The highest BCUT2D eigenvalue weighted by atomic mass is 16.3. The summed E-state index contributed by atoms with van der Waals surface area (Å²) in [6, 6.07) is 13.7. The van der Waals surface area contributed by atoms with Crippen LogP contribution in [0.2, 0.25) is 0 Å². The average molecular weight is 268 g/mol. The van der Waals surface area contributed by atoms with Crippen molar-refractivity contribution in [2.45, 2.75) is 13.8 Å². The maximum Gasteiger partial charge on any atom is 0.141 e. The number of aromatic hydroxyl groups is 2. The second-order valence-electron chi connectivity index (χ2n) is 4.37. The van der Waals surface area contributed by atoms with E-state index in [9.17, 15) is 10.2 Å². The van der Waals surface area contributed by atoms with Gasteiger partial charge in [-0.2, -0.15) is 0 Å². The summed E-state index contributed by atoms with van der Waals surface area (Å²) in [5.74, 6) is 0.254. The Labute approximate surface area is 117 Å². The molecule has 2 N–H and O–H groups in total. The van der Waals surface area contributed by atoms with Crippen LogP contribution in [0.1, 0.15) is 13.8 Å². The van der Waals surface area contributed by atoms with Crippen LogP contribution in [0.4, 0.5) is 11.4 Å². The van der Waals surface area contributed by atoms with Crippen LogP contribution >= 0.6 is 0 Å². The van der Waals surface area contributed by atoms with Crippen LogP contribution < -0.4 is 0 Å². The molecule has 4 heteroatoms. The topological polar surface area (TPSA) is 65.2 Å². The van der Waals surface area contributed by atoms with Crippen molar-refractivity contribution >= 4 is 22.8 Å². The van der Waals surface area contributed by atoms with E-state index < -0.39 is 0 Å². The highest BCUT2D eigenvalue weighted by molar-refractivity contribution is 6.41. The maximum atomic E-state index is 9.69. The van der Waals surface area contributed by atoms with E-state index >= 15 is 0 Å². The van der Waals surface area contributed by atoms with Crippen molar-refractivity contribution in [3.8, 4) is 11.5 Å². The van der Waals surface area contributed by atoms with Gasteiger partial charge in [-0.05, 0) is 38.1 Å². The molecule has 0 aliphatic carbocycles. The number of nitrogens with zero attached hydrogens (tertiary/aromatic N) is 2. The Morgan fingerprint density at radius 3 is 1.40 bits per heavy atom. The molecule has 0 heterocycles. The predicted octanol–water partition coefficient (Wildman–Crippen LogP) is 3.98. The molecule has 0 saturated heterocycles. The molecule has 0 unspecified atom stereocenters. The SMILES string of the molecule is CC(=Nc1ccccc1O)C(C)=Nc1ccccc1O. The molecular weight excluding hydrogens is 252 g/mol. The standard InChI is InChI=1S/C16H16N2O2/c1-11(17-13-7-3-5-9-15(13)19)12(2)18-14-8-4-6-10-16(14)20/h3-10,19-20H,1-2H3. The molecule has 2 aromatic carbocycles. The highest BCUT2D eigenvalue weighted by Crippen LogP contribution is 2.27. The largest absolute Gasteiger partial charge is 0.506 e. The van der Waals surface area contributed by atoms with E-state index in [0.717, 1.165) is 0 Å². The number of phenols is 2. The Bertz CT molecular complexity index is 616. The van der Waals surface area contributed by atoms with Crippen molar-refractivity contribution in [3.05, 3.63) is 48.5 Å². The zero-order valence-electron chi connectivity index (χ0n) is 11.4. The lowest BCUT2D eigenvalue weighted by Gasteiger charge is -2.03. The van der Waals surface area contributed by atoms with Crippen LogP contribution in [0.5, 0.6) is 11.5 Å². The highest BCUT2D eigenvalue weighted by Gasteiger charge is 2.03. The molecule has 0 spiro atoms. The van der Waals surface area contributed by atoms with Gasteiger partial charge < -0.3 is 10.2 Å². The van der Waals surface area contributed by atoms with Gasteiger partial charge >= 0.3 is 0 Å². The Morgan fingerprint density at radius 1 is 0.700 bits per heavy atom. The first kappa shape index (κ1) is 13.8. The minimum Gasteiger partial charge on any atom is -0.506 e. The lowest BCUT2D eigenvalue weighted by molar-refractivity contribution is 0.476. The van der Waals surface area contributed by atoms with Crippen LogP contribution in [-0.2, 0) is 0 Å². The molecule has 0 atom stereocenters. The zero-order chi connectivity index (χ0) is 14.5. The van der Waals surface area contributed by atoms with Crippen LogP contribution in [0.15, 0.2) is 58.5 Å². The second kappa shape index (κ2) is 6.02. The fraction of sp³-hybridized carbons (Fsp3) is 0.125. The van der Waals surface area contributed by atoms with Crippen molar-refractivity contribution < 1.29 is 10.2 Å². The molecule has 0 amide bonds. The minimum absolute atomic E-state index is 0.127. The van der Waals surface area contributed by atoms with Gasteiger partial charge in [0, 0.05) is 0 Å². The number of phenolic OH excluding ortho intramolecular Hbond substituents is 2. The van der Waals surface area contributed by atoms with Gasteiger partial charge in [0.05, 0.1) is 11.4 Å². The van der Waals surface area contributed by atoms with E-state index in [4.69, 9.17) is 0 Å². The smallest absolute Gasteiger partial charge is 0.141 e. The first-order chi connectivity index (χ1) is 9.58. The molecule has 0 radical (unpaired) electrons. The fourth-order valence-electron chi connectivity index (χ4n) is 1.64. The Kier molecular flexibility index (Phi) is 4.15. The predicted molar refractivity (Wildman–Crippen MR) is 81.8 cm³/mol. The molecule has 0 aromatic heterocycles. The Balaban J connectivity index is 2.32. The average Bonchev–Trinajstić information content (AvgIpc) is 2.43. The third-order valence-corrected chi connectivity index (χ3v) is 2.86. The second-order valence-corrected chi connectivity index (χ2v) is 4.37. The van der Waals surface area contributed by atoms with Crippen LogP contribution in [0, 0.1) is 0 Å². The van der Waals surface area contributed by atoms with Crippen LogP contribution in [0.25, 0.3) is 0 Å². The molecule has 2 aromatic rings. The van der Waals surface area contributed by atoms with Crippen LogP contribution in [-0.4, -0.2) is 21.6 Å². The molecule has 0 aliphatic heterocycles. The molecule has 2 rings (SSSR count). The van der Waals surface area contributed by atoms with Crippen LogP contribution in [0.3, 0.4) is 0 Å². The molecule has 0 saturated carbocycles. The number of benzene rings is 2. The van der Waals surface area contributed by atoms with Gasteiger partial charge in [-0.15, -0.1) is 0 Å². The number of aliphatic imine (C=N–C) groups is 2. The first-order valence-corrected chi connectivity index (χ1v) is 6.25. The van der Waals surface area contributed by atoms with Gasteiger partial charge in [-0.1, -0.05) is 24.3 Å². The van der Waals surface area contributed by atoms with Gasteiger partial charge in [0.1, 0.15) is 22.9 Å². The van der Waals surface area contributed by atoms with E-state index in [0.29, 0.717) is 22.8 Å². The first-order valence-electron chi connectivity index (χ1n) is 6.25. The third-order valence-electron chi connectivity index (χ3n) is 2.86. The number of rotatable bonds is 3. The lowest BCUT2D eigenvalue weighted by Crippen LogP contribution is -2.04. The van der Waals surface area contributed by atoms with Gasteiger partial charge in [0.25, 0.3) is 0 Å². The summed E-state index contributed by atoms with van der Waals surface area (Å²) in [6.07, 6.45) is 0. The van der Waals surface area contributed by atoms with Gasteiger partial charge in [-0.3, -0.25) is 0 Å². The van der Waals surface area contributed by atoms with Gasteiger partial charge in [0.2, 0.25) is 0 Å². The Morgan fingerprint density at radius 2 is 1.05 bits per heavy atom. The fourth-order valence-corrected chi connectivity index (χ4v) is 1.64. The summed E-state index contributed by atoms with van der Waals surface area (Å²) < 4.78 is 0. The van der Waals surface area contributed by atoms with E-state index in [1.165, 1.54) is 0 Å². The third kappa shape index (κ3) is 3.23. The maximum absolute atomic E-state index is 9.69. The summed E-state index contributed by atoms with van der Waals surface area (Å²) in [7, 11) is 0. The number of hydrogen-bond acceptors (Lipinski definition) is 4. The lowest BCUT2D eigenvalue weighted by atomic mass is 10.2. The summed E-state index contributed by atoms with van der Waals surface area (Å²) >= 11 is 0. The minimum atomic E-state index is 0.127. The summed E-state index contributed by atoms with van der Waals surface area (Å²) in [4.78, 5) is 8.68. The van der Waals surface area contributed by atoms with Crippen molar-refractivity contribution in [2.75, 3.05) is 0 Å². The monoisotopic (exact) mass is 268 g/mol. The van der Waals surface area contributed by atoms with Gasteiger partial charge in [0.15, 0.2) is 0 Å². The van der Waals surface area contributed by atoms with Crippen molar-refractivity contribution in [1.29, 1.82) is 0 Å².